The molecule has 0 saturated heterocycles. The van der Waals surface area contributed by atoms with Gasteiger partial charge in [0.1, 0.15) is 12.2 Å². The number of hydrogen-bond donors (Lipinski definition) is 1. The van der Waals surface area contributed by atoms with Crippen molar-refractivity contribution >= 4 is 5.91 Å². The van der Waals surface area contributed by atoms with Gasteiger partial charge < -0.3 is 9.88 Å². The number of hydrogen-bond acceptors (Lipinski definition) is 4. The van der Waals surface area contributed by atoms with E-state index in [1.165, 1.54) is 0 Å². The van der Waals surface area contributed by atoms with Crippen molar-refractivity contribution in [3.05, 3.63) is 41.7 Å². The van der Waals surface area contributed by atoms with Crippen LogP contribution in [0.2, 0.25) is 0 Å². The molecule has 2 heterocycles. The fourth-order valence-corrected chi connectivity index (χ4v) is 2.67. The molecule has 0 bridgehead atoms. The van der Waals surface area contributed by atoms with Crippen molar-refractivity contribution in [1.29, 1.82) is 0 Å². The van der Waals surface area contributed by atoms with Crippen molar-refractivity contribution < 1.29 is 4.79 Å². The van der Waals surface area contributed by atoms with Gasteiger partial charge in [-0.1, -0.05) is 6.07 Å². The number of amides is 1. The maximum absolute atomic E-state index is 12.3. The van der Waals surface area contributed by atoms with Gasteiger partial charge in [0.25, 0.3) is 0 Å². The summed E-state index contributed by atoms with van der Waals surface area (Å²) < 4.78 is 1.84. The molecule has 2 aromatic rings. The zero-order valence-electron chi connectivity index (χ0n) is 13.0. The quantitative estimate of drug-likeness (QED) is 0.881. The van der Waals surface area contributed by atoms with Crippen molar-refractivity contribution in [1.82, 2.24) is 25.1 Å². The van der Waals surface area contributed by atoms with Crippen molar-refractivity contribution in [3.63, 3.8) is 0 Å². The molecule has 3 rings (SSSR count). The Kier molecular flexibility index (Phi) is 4.18. The minimum absolute atomic E-state index is 0.0354. The number of nitrogens with one attached hydrogen (secondary N) is 1. The van der Waals surface area contributed by atoms with Crippen LogP contribution in [-0.2, 0) is 18.3 Å². The van der Waals surface area contributed by atoms with Crippen LogP contribution in [0.4, 0.5) is 0 Å². The lowest BCUT2D eigenvalue weighted by Crippen LogP contribution is -2.31. The van der Waals surface area contributed by atoms with Crippen LogP contribution in [-0.4, -0.2) is 25.7 Å². The zero-order valence-corrected chi connectivity index (χ0v) is 13.0. The molecule has 1 N–H and O–H groups in total. The number of aromatic nitrogens is 4. The predicted octanol–water partition coefficient (Wildman–Crippen LogP) is 1.72. The summed E-state index contributed by atoms with van der Waals surface area (Å²) in [5.74, 6) is 1.39. The fraction of sp³-hybridized carbons (Fsp3) is 0.500. The van der Waals surface area contributed by atoms with Crippen molar-refractivity contribution in [2.45, 2.75) is 38.6 Å². The Morgan fingerprint density at radius 1 is 1.50 bits per heavy atom. The van der Waals surface area contributed by atoms with Gasteiger partial charge in [0, 0.05) is 26.1 Å². The second-order valence-electron chi connectivity index (χ2n) is 5.95. The Morgan fingerprint density at radius 3 is 2.95 bits per heavy atom. The first-order chi connectivity index (χ1) is 10.6. The van der Waals surface area contributed by atoms with E-state index in [9.17, 15) is 4.79 Å². The molecule has 6 nitrogen and oxygen atoms in total. The van der Waals surface area contributed by atoms with E-state index in [0.29, 0.717) is 18.8 Å². The van der Waals surface area contributed by atoms with E-state index in [0.717, 1.165) is 29.9 Å². The summed E-state index contributed by atoms with van der Waals surface area (Å²) in [6.45, 7) is 2.05. The molecule has 0 radical (unpaired) electrons. The number of pyridine rings is 1. The lowest BCUT2D eigenvalue weighted by molar-refractivity contribution is -0.122. The lowest BCUT2D eigenvalue weighted by atomic mass is 10.0. The minimum atomic E-state index is 0.0354. The Morgan fingerprint density at radius 2 is 2.32 bits per heavy atom. The summed E-state index contributed by atoms with van der Waals surface area (Å²) in [5, 5.41) is 11.0. The Labute approximate surface area is 130 Å². The second kappa shape index (κ2) is 6.25. The molecule has 2 aromatic heterocycles. The predicted molar refractivity (Wildman–Crippen MR) is 81.9 cm³/mol. The molecule has 1 fully saturated rings. The number of nitrogens with zero attached hydrogens (tertiary/aromatic N) is 4. The molecular weight excluding hydrogens is 278 g/mol. The molecule has 0 spiro atoms. The highest BCUT2D eigenvalue weighted by atomic mass is 16.1. The number of aryl methyl sites for hydroxylation is 3. The molecule has 1 atom stereocenters. The first kappa shape index (κ1) is 14.7. The Hall–Kier alpha value is -2.24. The monoisotopic (exact) mass is 299 g/mol. The van der Waals surface area contributed by atoms with E-state index in [4.69, 9.17) is 0 Å². The first-order valence-electron chi connectivity index (χ1n) is 7.69. The van der Waals surface area contributed by atoms with Crippen molar-refractivity contribution in [3.8, 4) is 0 Å². The van der Waals surface area contributed by atoms with Crippen LogP contribution in [0.25, 0.3) is 0 Å². The third kappa shape index (κ3) is 3.32. The number of rotatable bonds is 6. The van der Waals surface area contributed by atoms with E-state index in [1.807, 2.05) is 30.7 Å². The lowest BCUT2D eigenvalue weighted by Gasteiger charge is -2.19. The van der Waals surface area contributed by atoms with E-state index >= 15 is 0 Å². The van der Waals surface area contributed by atoms with Gasteiger partial charge in [0.05, 0.1) is 11.7 Å². The molecular formula is C16H21N5O. The highest BCUT2D eigenvalue weighted by molar-refractivity contribution is 5.76. The molecule has 1 aliphatic rings. The van der Waals surface area contributed by atoms with Gasteiger partial charge in [0.2, 0.25) is 5.91 Å². The summed E-state index contributed by atoms with van der Waals surface area (Å²) in [6.07, 6.45) is 6.78. The van der Waals surface area contributed by atoms with Crippen LogP contribution in [0.1, 0.15) is 42.4 Å². The summed E-state index contributed by atoms with van der Waals surface area (Å²) in [7, 11) is 1.89. The summed E-state index contributed by atoms with van der Waals surface area (Å²) in [6, 6.07) is 4.01. The first-order valence-corrected chi connectivity index (χ1v) is 7.69. The molecule has 1 amide bonds. The average molecular weight is 299 g/mol. The molecule has 0 unspecified atom stereocenters. The number of carbonyl (C=O) groups is 1. The summed E-state index contributed by atoms with van der Waals surface area (Å²) in [4.78, 5) is 16.8. The highest BCUT2D eigenvalue weighted by Crippen LogP contribution is 2.41. The second-order valence-corrected chi connectivity index (χ2v) is 5.95. The highest BCUT2D eigenvalue weighted by Gasteiger charge is 2.34. The molecule has 22 heavy (non-hydrogen) atoms. The van der Waals surface area contributed by atoms with Gasteiger partial charge in [-0.15, -0.1) is 10.2 Å². The van der Waals surface area contributed by atoms with Crippen LogP contribution >= 0.6 is 0 Å². The topological polar surface area (TPSA) is 72.7 Å². The van der Waals surface area contributed by atoms with Crippen molar-refractivity contribution in [2.24, 2.45) is 13.0 Å². The van der Waals surface area contributed by atoms with E-state index < -0.39 is 0 Å². The van der Waals surface area contributed by atoms with Gasteiger partial charge in [-0.3, -0.25) is 9.78 Å². The third-order valence-electron chi connectivity index (χ3n) is 4.14. The van der Waals surface area contributed by atoms with Crippen LogP contribution in [0.15, 0.2) is 24.7 Å². The van der Waals surface area contributed by atoms with E-state index in [2.05, 4.69) is 20.5 Å². The van der Waals surface area contributed by atoms with Gasteiger partial charge in [0.15, 0.2) is 0 Å². The maximum atomic E-state index is 12.3. The molecule has 6 heteroatoms. The standard InChI is InChI=1S/C16H21N5O/c1-11-4-3-9-17-15(11)16(12-5-6-12)19-14(22)8-7-13-20-18-10-21(13)2/h3-4,9-10,12,16H,5-8H2,1-2H3,(H,19,22)/t16-/m0/s1. The largest absolute Gasteiger partial charge is 0.347 e. The summed E-state index contributed by atoms with van der Waals surface area (Å²) in [5.41, 5.74) is 2.13. The average Bonchev–Trinajstić information content (AvgIpc) is 3.26. The fourth-order valence-electron chi connectivity index (χ4n) is 2.67. The molecule has 0 aliphatic heterocycles. The van der Waals surface area contributed by atoms with Gasteiger partial charge in [-0.25, -0.2) is 0 Å². The SMILES string of the molecule is Cc1cccnc1[C@@H](NC(=O)CCc1nncn1C)C1CC1. The summed E-state index contributed by atoms with van der Waals surface area (Å²) >= 11 is 0. The zero-order chi connectivity index (χ0) is 15.5. The minimum Gasteiger partial charge on any atom is -0.347 e. The van der Waals surface area contributed by atoms with Crippen LogP contribution in [0, 0.1) is 12.8 Å². The Bertz CT molecular complexity index is 662. The van der Waals surface area contributed by atoms with Gasteiger partial charge in [-0.2, -0.15) is 0 Å². The van der Waals surface area contributed by atoms with Gasteiger partial charge >= 0.3 is 0 Å². The van der Waals surface area contributed by atoms with Crippen LogP contribution < -0.4 is 5.32 Å². The van der Waals surface area contributed by atoms with E-state index in [1.54, 1.807) is 12.5 Å². The number of carbonyl (C=O) groups excluding carboxylic acids is 1. The normalized spacial score (nSPS) is 15.5. The van der Waals surface area contributed by atoms with E-state index in [-0.39, 0.29) is 11.9 Å². The molecule has 116 valence electrons. The molecule has 1 saturated carbocycles. The third-order valence-corrected chi connectivity index (χ3v) is 4.14. The van der Waals surface area contributed by atoms with Gasteiger partial charge in [-0.05, 0) is 37.3 Å². The van der Waals surface area contributed by atoms with Crippen molar-refractivity contribution in [2.75, 3.05) is 0 Å². The van der Waals surface area contributed by atoms with Crippen LogP contribution in [0.5, 0.6) is 0 Å². The Balaban J connectivity index is 1.63. The maximum Gasteiger partial charge on any atom is 0.220 e. The van der Waals surface area contributed by atoms with Crippen LogP contribution in [0.3, 0.4) is 0 Å². The smallest absolute Gasteiger partial charge is 0.220 e. The molecule has 1 aliphatic carbocycles. The molecule has 0 aromatic carbocycles.